The van der Waals surface area contributed by atoms with Gasteiger partial charge in [-0.15, -0.1) is 0 Å². The van der Waals surface area contributed by atoms with Gasteiger partial charge in [0.25, 0.3) is 0 Å². The minimum absolute atomic E-state index is 0.105. The fourth-order valence-electron chi connectivity index (χ4n) is 3.55. The zero-order valence-corrected chi connectivity index (χ0v) is 14.5. The molecule has 5 nitrogen and oxygen atoms in total. The van der Waals surface area contributed by atoms with Crippen LogP contribution in [0.25, 0.3) is 0 Å². The number of hydrogen-bond acceptors (Lipinski definition) is 5. The van der Waals surface area contributed by atoms with Crippen molar-refractivity contribution >= 4 is 17.3 Å². The molecule has 1 aromatic heterocycles. The summed E-state index contributed by atoms with van der Waals surface area (Å²) < 4.78 is 0. The molecule has 1 aliphatic heterocycles. The summed E-state index contributed by atoms with van der Waals surface area (Å²) in [6.07, 6.45) is 10.9. The van der Waals surface area contributed by atoms with Crippen LogP contribution in [0.3, 0.4) is 0 Å². The van der Waals surface area contributed by atoms with Gasteiger partial charge in [-0.3, -0.25) is 4.79 Å². The third kappa shape index (κ3) is 4.61. The average Bonchev–Trinajstić information content (AvgIpc) is 2.69. The van der Waals surface area contributed by atoms with E-state index in [9.17, 15) is 10.0 Å². The Hall–Kier alpha value is -2.32. The predicted molar refractivity (Wildman–Crippen MR) is 100 cm³/mol. The molecule has 1 N–H and O–H groups in total. The summed E-state index contributed by atoms with van der Waals surface area (Å²) in [6.45, 7) is 1.60. The van der Waals surface area contributed by atoms with E-state index < -0.39 is 0 Å². The van der Waals surface area contributed by atoms with Gasteiger partial charge in [-0.25, -0.2) is 4.98 Å². The number of Topliss-reactive ketones (excluding diaryl/α,β-unsaturated/α-hetero) is 1. The first kappa shape index (κ1) is 17.5. The maximum absolute atomic E-state index is 12.1. The lowest BCUT2D eigenvalue weighted by Gasteiger charge is -2.31. The third-order valence-corrected chi connectivity index (χ3v) is 5.05. The molecule has 1 aromatic rings. The molecule has 3 rings (SSSR count). The van der Waals surface area contributed by atoms with Crippen molar-refractivity contribution in [2.75, 3.05) is 23.5 Å². The van der Waals surface area contributed by atoms with Crippen molar-refractivity contribution in [3.05, 3.63) is 35.2 Å². The van der Waals surface area contributed by atoms with Crippen molar-refractivity contribution in [1.82, 2.24) is 4.98 Å². The van der Waals surface area contributed by atoms with Crippen molar-refractivity contribution in [1.29, 1.82) is 0 Å². The van der Waals surface area contributed by atoms with E-state index in [4.69, 9.17) is 0 Å². The molecule has 0 spiro atoms. The van der Waals surface area contributed by atoms with Gasteiger partial charge < -0.3 is 15.6 Å². The molecule has 0 atom stereocenters. The van der Waals surface area contributed by atoms with E-state index in [0.29, 0.717) is 11.5 Å². The number of hydrogen-bond donors (Lipinski definition) is 1. The molecule has 2 aliphatic rings. The van der Waals surface area contributed by atoms with E-state index in [-0.39, 0.29) is 11.7 Å². The Kier molecular flexibility index (Phi) is 6.08. The first-order chi connectivity index (χ1) is 12.3. The minimum atomic E-state index is 0.105. The van der Waals surface area contributed by atoms with Crippen molar-refractivity contribution in [2.45, 2.75) is 44.9 Å². The van der Waals surface area contributed by atoms with Crippen LogP contribution < -0.4 is 10.4 Å². The van der Waals surface area contributed by atoms with Crippen LogP contribution >= 0.6 is 0 Å². The number of aromatic nitrogens is 1. The molecule has 132 valence electrons. The van der Waals surface area contributed by atoms with Crippen molar-refractivity contribution < 1.29 is 4.79 Å². The molecule has 0 radical (unpaired) electrons. The normalized spacial score (nSPS) is 18.3. The highest BCUT2D eigenvalue weighted by Crippen LogP contribution is 2.27. The Balaban J connectivity index is 1.54. The van der Waals surface area contributed by atoms with E-state index in [0.717, 1.165) is 51.6 Å². The van der Waals surface area contributed by atoms with Crippen LogP contribution in [0.1, 0.15) is 44.9 Å². The Morgan fingerprint density at radius 3 is 2.76 bits per heavy atom. The van der Waals surface area contributed by atoms with Crippen LogP contribution in [0.15, 0.2) is 30.0 Å². The summed E-state index contributed by atoms with van der Waals surface area (Å²) in [5.41, 5.74) is 3.72. The molecule has 2 fully saturated rings. The quantitative estimate of drug-likeness (QED) is 0.517. The number of nitrogens with zero attached hydrogens (tertiary/aromatic N) is 2. The van der Waals surface area contributed by atoms with E-state index in [1.807, 2.05) is 11.6 Å². The molecule has 0 aromatic carbocycles. The summed E-state index contributed by atoms with van der Waals surface area (Å²) in [7, 11) is 0. The molecule has 2 heterocycles. The van der Waals surface area contributed by atoms with Crippen LogP contribution in [0, 0.1) is 23.0 Å². The SMILES string of the molecule is O=C(C#CC=C1CCN(c2ncccc2N[O-])CC1)C1CCCCC1. The van der Waals surface area contributed by atoms with Gasteiger partial charge in [-0.05, 0) is 49.8 Å². The highest BCUT2D eigenvalue weighted by molar-refractivity contribution is 5.97. The number of carbonyl (C=O) groups is 1. The summed E-state index contributed by atoms with van der Waals surface area (Å²) >= 11 is 0. The second-order valence-corrected chi connectivity index (χ2v) is 6.73. The molecule has 1 aliphatic carbocycles. The smallest absolute Gasteiger partial charge is 0.208 e. The number of rotatable bonds is 3. The molecule has 0 amide bonds. The van der Waals surface area contributed by atoms with E-state index in [1.54, 1.807) is 18.3 Å². The maximum Gasteiger partial charge on any atom is 0.208 e. The number of carbonyl (C=O) groups excluding carboxylic acids is 1. The molecule has 25 heavy (non-hydrogen) atoms. The highest BCUT2D eigenvalue weighted by atomic mass is 16.5. The summed E-state index contributed by atoms with van der Waals surface area (Å²) in [5, 5.41) is 11.0. The molecule has 1 saturated heterocycles. The molecule has 0 unspecified atom stereocenters. The summed E-state index contributed by atoms with van der Waals surface area (Å²) in [6, 6.07) is 3.49. The second-order valence-electron chi connectivity index (χ2n) is 6.73. The lowest BCUT2D eigenvalue weighted by Crippen LogP contribution is -2.31. The largest absolute Gasteiger partial charge is 0.761 e. The van der Waals surface area contributed by atoms with Crippen LogP contribution in [-0.4, -0.2) is 23.9 Å². The predicted octanol–water partition coefficient (Wildman–Crippen LogP) is 3.67. The van der Waals surface area contributed by atoms with Crippen LogP contribution in [-0.2, 0) is 4.79 Å². The molecular formula is C20H24N3O2-. The highest BCUT2D eigenvalue weighted by Gasteiger charge is 2.19. The second kappa shape index (κ2) is 8.68. The van der Waals surface area contributed by atoms with Gasteiger partial charge in [0.1, 0.15) is 0 Å². The zero-order valence-electron chi connectivity index (χ0n) is 14.5. The van der Waals surface area contributed by atoms with Crippen molar-refractivity contribution in [3.8, 4) is 11.8 Å². The fourth-order valence-corrected chi connectivity index (χ4v) is 3.55. The number of ketones is 1. The average molecular weight is 338 g/mol. The standard InChI is InChI=1S/C20H24N3O2/c24-19(17-7-2-1-3-8-17)10-4-6-16-11-14-23(15-12-16)20-18(22-25)9-5-13-21-20/h5-6,9,13,17,22H,1-3,7-8,11-12,14-15H2/q-1. The molecule has 0 bridgehead atoms. The minimum Gasteiger partial charge on any atom is -0.761 e. The molecule has 1 saturated carbocycles. The summed E-state index contributed by atoms with van der Waals surface area (Å²) in [5.74, 6) is 6.75. The monoisotopic (exact) mass is 338 g/mol. The lowest BCUT2D eigenvalue weighted by atomic mass is 9.86. The van der Waals surface area contributed by atoms with Crippen molar-refractivity contribution in [3.63, 3.8) is 0 Å². The maximum atomic E-state index is 12.1. The molecular weight excluding hydrogens is 314 g/mol. The van der Waals surface area contributed by atoms with E-state index in [1.165, 1.54) is 12.0 Å². The fraction of sp³-hybridized carbons (Fsp3) is 0.500. The topological polar surface area (TPSA) is 68.3 Å². The summed E-state index contributed by atoms with van der Waals surface area (Å²) in [4.78, 5) is 18.5. The molecule has 5 heteroatoms. The Morgan fingerprint density at radius 1 is 1.28 bits per heavy atom. The van der Waals surface area contributed by atoms with Gasteiger partial charge in [-0.1, -0.05) is 30.8 Å². The van der Waals surface area contributed by atoms with E-state index >= 15 is 0 Å². The van der Waals surface area contributed by atoms with Gasteiger partial charge >= 0.3 is 0 Å². The first-order valence-electron chi connectivity index (χ1n) is 9.09. The Labute approximate surface area is 149 Å². The third-order valence-electron chi connectivity index (χ3n) is 5.05. The van der Waals surface area contributed by atoms with Gasteiger partial charge in [0.15, 0.2) is 5.82 Å². The Morgan fingerprint density at radius 2 is 2.04 bits per heavy atom. The van der Waals surface area contributed by atoms with Crippen LogP contribution in [0.5, 0.6) is 0 Å². The van der Waals surface area contributed by atoms with Crippen LogP contribution in [0.4, 0.5) is 11.5 Å². The van der Waals surface area contributed by atoms with Gasteiger partial charge in [0.05, 0.1) is 5.69 Å². The number of anilines is 2. The van der Waals surface area contributed by atoms with E-state index in [2.05, 4.69) is 21.7 Å². The Bertz CT molecular complexity index is 686. The number of nitrogens with one attached hydrogen (secondary N) is 1. The van der Waals surface area contributed by atoms with Gasteiger partial charge in [0.2, 0.25) is 5.78 Å². The first-order valence-corrected chi connectivity index (χ1v) is 9.09. The van der Waals surface area contributed by atoms with Gasteiger partial charge in [-0.2, -0.15) is 0 Å². The van der Waals surface area contributed by atoms with Crippen LogP contribution in [0.2, 0.25) is 0 Å². The van der Waals surface area contributed by atoms with Crippen molar-refractivity contribution in [2.24, 2.45) is 5.92 Å². The zero-order chi connectivity index (χ0) is 17.5. The lowest BCUT2D eigenvalue weighted by molar-refractivity contribution is -0.118. The number of pyridine rings is 1. The number of allylic oxidation sites excluding steroid dienone is 1. The van der Waals surface area contributed by atoms with Gasteiger partial charge in [0, 0.05) is 25.2 Å². The number of piperidine rings is 1.